The van der Waals surface area contributed by atoms with Crippen molar-refractivity contribution in [3.05, 3.63) is 17.0 Å². The van der Waals surface area contributed by atoms with Crippen LogP contribution in [0.3, 0.4) is 0 Å². The lowest BCUT2D eigenvalue weighted by Gasteiger charge is -2.31. The first-order chi connectivity index (χ1) is 11.7. The van der Waals surface area contributed by atoms with Crippen molar-refractivity contribution in [2.45, 2.75) is 36.4 Å². The Morgan fingerprint density at radius 1 is 1.32 bits per heavy atom. The fourth-order valence-corrected chi connectivity index (χ4v) is 7.92. The van der Waals surface area contributed by atoms with Crippen LogP contribution in [0.1, 0.15) is 24.1 Å². The first-order valence-corrected chi connectivity index (χ1v) is 12.3. The Morgan fingerprint density at radius 2 is 2.08 bits per heavy atom. The van der Waals surface area contributed by atoms with Gasteiger partial charge in [0.2, 0.25) is 5.91 Å². The Hall–Kier alpha value is -0.970. The molecule has 1 amide bonds. The molecule has 0 saturated carbocycles. The van der Waals surface area contributed by atoms with Gasteiger partial charge in [0.05, 0.1) is 17.4 Å². The Bertz CT molecular complexity index is 859. The Morgan fingerprint density at radius 3 is 2.68 bits per heavy atom. The fraction of sp³-hybridized carbons (Fsp3) is 0.667. The number of hydrogen-bond donors (Lipinski definition) is 1. The van der Waals surface area contributed by atoms with E-state index in [4.69, 9.17) is 0 Å². The molecule has 2 aliphatic rings. The lowest BCUT2D eigenvalue weighted by Crippen LogP contribution is -2.47. The molecule has 0 radical (unpaired) electrons. The van der Waals surface area contributed by atoms with E-state index in [1.54, 1.807) is 12.1 Å². The molecule has 3 heterocycles. The number of thiophene rings is 1. The van der Waals surface area contributed by atoms with Crippen LogP contribution in [0.15, 0.2) is 16.3 Å². The van der Waals surface area contributed by atoms with E-state index in [9.17, 15) is 21.6 Å². The monoisotopic (exact) mass is 406 g/mol. The van der Waals surface area contributed by atoms with Crippen molar-refractivity contribution in [1.82, 2.24) is 9.62 Å². The standard InChI is InChI=1S/C15H22N2O5S3/c1-11-4-5-14(23-11)25(21,22)17-7-2-3-12(9-17)15(18)16-13-6-8-24(19,20)10-13/h4-5,12-13H,2-3,6-10H2,1H3,(H,16,18)/t12-,13+/m0/s1. The Kier molecular flexibility index (Phi) is 5.25. The summed E-state index contributed by atoms with van der Waals surface area (Å²) < 4.78 is 50.1. The van der Waals surface area contributed by atoms with E-state index >= 15 is 0 Å². The molecule has 2 fully saturated rings. The number of nitrogens with zero attached hydrogens (tertiary/aromatic N) is 1. The maximum Gasteiger partial charge on any atom is 0.252 e. The summed E-state index contributed by atoms with van der Waals surface area (Å²) in [4.78, 5) is 13.4. The predicted molar refractivity (Wildman–Crippen MR) is 95.7 cm³/mol. The summed E-state index contributed by atoms with van der Waals surface area (Å²) in [5, 5.41) is 2.78. The molecule has 1 N–H and O–H groups in total. The zero-order chi connectivity index (χ0) is 18.2. The Balaban J connectivity index is 1.66. The first-order valence-electron chi connectivity index (χ1n) is 8.25. The van der Waals surface area contributed by atoms with Crippen molar-refractivity contribution in [2.75, 3.05) is 24.6 Å². The first kappa shape index (κ1) is 18.8. The SMILES string of the molecule is Cc1ccc(S(=O)(=O)N2CCC[C@H](C(=O)N[C@@H]3CCS(=O)(=O)C3)C2)s1. The van der Waals surface area contributed by atoms with E-state index in [2.05, 4.69) is 5.32 Å². The number of nitrogens with one attached hydrogen (secondary N) is 1. The summed E-state index contributed by atoms with van der Waals surface area (Å²) in [5.41, 5.74) is 0. The minimum atomic E-state index is -3.58. The number of piperidine rings is 1. The Labute approximate surface area is 152 Å². The van der Waals surface area contributed by atoms with Crippen LogP contribution in [0, 0.1) is 12.8 Å². The van der Waals surface area contributed by atoms with Crippen molar-refractivity contribution in [3.63, 3.8) is 0 Å². The van der Waals surface area contributed by atoms with Crippen LogP contribution < -0.4 is 5.32 Å². The van der Waals surface area contributed by atoms with Gasteiger partial charge >= 0.3 is 0 Å². The summed E-state index contributed by atoms with van der Waals surface area (Å²) in [6.45, 7) is 2.40. The van der Waals surface area contributed by atoms with E-state index in [0.29, 0.717) is 30.0 Å². The van der Waals surface area contributed by atoms with Crippen molar-refractivity contribution < 1.29 is 21.6 Å². The minimum absolute atomic E-state index is 0.0258. The van der Waals surface area contributed by atoms with Gasteiger partial charge in [-0.1, -0.05) is 0 Å². The van der Waals surface area contributed by atoms with E-state index in [0.717, 1.165) is 4.88 Å². The molecule has 2 aliphatic heterocycles. The second-order valence-electron chi connectivity index (χ2n) is 6.68. The van der Waals surface area contributed by atoms with Crippen molar-refractivity contribution in [1.29, 1.82) is 0 Å². The zero-order valence-corrected chi connectivity index (χ0v) is 16.4. The van der Waals surface area contributed by atoms with E-state index < -0.39 is 25.8 Å². The third-order valence-electron chi connectivity index (χ3n) is 4.64. The topological polar surface area (TPSA) is 101 Å². The molecule has 7 nitrogen and oxygen atoms in total. The molecule has 0 aliphatic carbocycles. The molecule has 2 atom stereocenters. The smallest absolute Gasteiger partial charge is 0.252 e. The molecule has 25 heavy (non-hydrogen) atoms. The van der Waals surface area contributed by atoms with Crippen LogP contribution >= 0.6 is 11.3 Å². The van der Waals surface area contributed by atoms with Crippen molar-refractivity contribution >= 4 is 37.1 Å². The molecule has 0 aromatic carbocycles. The third kappa shape index (κ3) is 4.24. The number of sulfonamides is 1. The van der Waals surface area contributed by atoms with Gasteiger partial charge in [0, 0.05) is 24.0 Å². The van der Waals surface area contributed by atoms with Gasteiger partial charge in [0.15, 0.2) is 9.84 Å². The summed E-state index contributed by atoms with van der Waals surface area (Å²) in [7, 11) is -6.64. The van der Waals surface area contributed by atoms with Crippen LogP contribution in [0.2, 0.25) is 0 Å². The largest absolute Gasteiger partial charge is 0.352 e. The average Bonchev–Trinajstić information content (AvgIpc) is 3.13. The van der Waals surface area contributed by atoms with E-state index in [1.165, 1.54) is 15.6 Å². The van der Waals surface area contributed by atoms with Crippen LogP contribution in [-0.4, -0.2) is 57.7 Å². The lowest BCUT2D eigenvalue weighted by atomic mass is 9.98. The van der Waals surface area contributed by atoms with Crippen molar-refractivity contribution in [2.24, 2.45) is 5.92 Å². The predicted octanol–water partition coefficient (Wildman–Crippen LogP) is 0.761. The van der Waals surface area contributed by atoms with Gasteiger partial charge < -0.3 is 5.32 Å². The zero-order valence-electron chi connectivity index (χ0n) is 14.0. The van der Waals surface area contributed by atoms with Crippen LogP contribution in [0.4, 0.5) is 0 Å². The highest BCUT2D eigenvalue weighted by molar-refractivity contribution is 7.91. The van der Waals surface area contributed by atoms with Gasteiger partial charge in [-0.3, -0.25) is 4.79 Å². The summed E-state index contributed by atoms with van der Waals surface area (Å²) in [6.07, 6.45) is 1.66. The summed E-state index contributed by atoms with van der Waals surface area (Å²) >= 11 is 1.23. The molecule has 0 bridgehead atoms. The summed E-state index contributed by atoms with van der Waals surface area (Å²) in [6, 6.07) is 3.01. The number of carbonyl (C=O) groups excluding carboxylic acids is 1. The fourth-order valence-electron chi connectivity index (χ4n) is 3.28. The maximum atomic E-state index is 12.7. The number of aryl methyl sites for hydroxylation is 1. The highest BCUT2D eigenvalue weighted by Crippen LogP contribution is 2.28. The van der Waals surface area contributed by atoms with Crippen LogP contribution in [0.5, 0.6) is 0 Å². The van der Waals surface area contributed by atoms with Gasteiger partial charge in [0.25, 0.3) is 10.0 Å². The lowest BCUT2D eigenvalue weighted by molar-refractivity contribution is -0.126. The highest BCUT2D eigenvalue weighted by atomic mass is 32.2. The molecule has 2 saturated heterocycles. The van der Waals surface area contributed by atoms with Crippen molar-refractivity contribution in [3.8, 4) is 0 Å². The van der Waals surface area contributed by atoms with Gasteiger partial charge in [-0.15, -0.1) is 11.3 Å². The third-order valence-corrected chi connectivity index (χ3v) is 9.74. The molecule has 0 spiro atoms. The molecular formula is C15H22N2O5S3. The number of rotatable bonds is 4. The molecule has 1 aromatic rings. The quantitative estimate of drug-likeness (QED) is 0.796. The number of carbonyl (C=O) groups is 1. The molecule has 1 aromatic heterocycles. The highest BCUT2D eigenvalue weighted by Gasteiger charge is 2.36. The molecular weight excluding hydrogens is 384 g/mol. The van der Waals surface area contributed by atoms with Gasteiger partial charge in [-0.05, 0) is 38.3 Å². The van der Waals surface area contributed by atoms with E-state index in [-0.39, 0.29) is 30.0 Å². The second-order valence-corrected chi connectivity index (χ2v) is 12.4. The molecule has 0 unspecified atom stereocenters. The van der Waals surface area contributed by atoms with Crippen LogP contribution in [0.25, 0.3) is 0 Å². The van der Waals surface area contributed by atoms with E-state index in [1.807, 2.05) is 6.92 Å². The maximum absolute atomic E-state index is 12.7. The van der Waals surface area contributed by atoms with Gasteiger partial charge in [0.1, 0.15) is 4.21 Å². The number of sulfone groups is 1. The molecule has 3 rings (SSSR count). The minimum Gasteiger partial charge on any atom is -0.352 e. The molecule has 140 valence electrons. The second kappa shape index (κ2) is 6.98. The number of hydrogen-bond acceptors (Lipinski definition) is 6. The number of amides is 1. The average molecular weight is 407 g/mol. The van der Waals surface area contributed by atoms with Gasteiger partial charge in [-0.25, -0.2) is 16.8 Å². The summed E-state index contributed by atoms with van der Waals surface area (Å²) in [5.74, 6) is -0.611. The van der Waals surface area contributed by atoms with Gasteiger partial charge in [-0.2, -0.15) is 4.31 Å². The normalized spacial score (nSPS) is 27.2. The van der Waals surface area contributed by atoms with Crippen LogP contribution in [-0.2, 0) is 24.7 Å². The molecule has 10 heteroatoms.